The molecule has 9 heteroatoms. The predicted molar refractivity (Wildman–Crippen MR) is 178 cm³/mol. The summed E-state index contributed by atoms with van der Waals surface area (Å²) in [5.41, 5.74) is 1.25. The monoisotopic (exact) mass is 656 g/mol. The Morgan fingerprint density at radius 1 is 0.935 bits per heavy atom. The number of ether oxygens (including phenoxy) is 1. The maximum absolute atomic E-state index is 13.1. The third kappa shape index (κ3) is 5.20. The summed E-state index contributed by atoms with van der Waals surface area (Å²) in [6, 6.07) is 7.99. The minimum atomic E-state index is -4.04. The number of aliphatic hydroxyl groups is 2. The van der Waals surface area contributed by atoms with Crippen molar-refractivity contribution in [2.24, 2.45) is 52.3 Å². The molecule has 4 aliphatic carbocycles. The normalized spacial score (nSPS) is 43.8. The molecular formula is C37H56N2O6S. The molecule has 2 aliphatic heterocycles. The molecule has 2 heterocycles. The summed E-state index contributed by atoms with van der Waals surface area (Å²) in [5.74, 6) is 2.16. The number of hydrogen-bond acceptors (Lipinski definition) is 7. The minimum absolute atomic E-state index is 0.0414. The summed E-state index contributed by atoms with van der Waals surface area (Å²) in [7, 11) is -4.04. The molecule has 1 aromatic rings. The number of aliphatic hydroxyl groups excluding tert-OH is 2. The van der Waals surface area contributed by atoms with Crippen molar-refractivity contribution in [2.75, 3.05) is 11.5 Å². The summed E-state index contributed by atoms with van der Waals surface area (Å²) in [5, 5.41) is 22.5. The Morgan fingerprint density at radius 3 is 2.22 bits per heavy atom. The van der Waals surface area contributed by atoms with Crippen LogP contribution in [-0.2, 0) is 14.8 Å². The molecule has 6 fully saturated rings. The van der Waals surface area contributed by atoms with Crippen molar-refractivity contribution < 1.29 is 28.2 Å². The van der Waals surface area contributed by atoms with E-state index in [1.54, 1.807) is 12.1 Å². The molecule has 3 N–H and O–H groups in total. The number of nitrogens with one attached hydrogen (secondary N) is 1. The quantitative estimate of drug-likeness (QED) is 0.307. The Kier molecular flexibility index (Phi) is 8.49. The number of carbonyl (C=O) groups excluding carboxylic acids is 1. The lowest BCUT2D eigenvalue weighted by Gasteiger charge is -2.64. The van der Waals surface area contributed by atoms with Crippen LogP contribution in [0.15, 0.2) is 29.2 Å². The van der Waals surface area contributed by atoms with E-state index in [-0.39, 0.29) is 52.3 Å². The number of benzene rings is 1. The molecule has 1 aromatic carbocycles. The van der Waals surface area contributed by atoms with Crippen LogP contribution in [0.3, 0.4) is 0 Å². The van der Waals surface area contributed by atoms with E-state index in [0.29, 0.717) is 35.8 Å². The van der Waals surface area contributed by atoms with Crippen molar-refractivity contribution in [3.63, 3.8) is 0 Å². The second-order valence-corrected chi connectivity index (χ2v) is 18.3. The van der Waals surface area contributed by atoms with Crippen LogP contribution in [-0.4, -0.2) is 55.6 Å². The van der Waals surface area contributed by atoms with E-state index >= 15 is 0 Å². The van der Waals surface area contributed by atoms with Crippen molar-refractivity contribution in [1.29, 1.82) is 0 Å². The molecule has 46 heavy (non-hydrogen) atoms. The molecule has 2 bridgehead atoms. The fourth-order valence-electron chi connectivity index (χ4n) is 12.6. The molecule has 1 amide bonds. The van der Waals surface area contributed by atoms with Gasteiger partial charge in [-0.15, -0.1) is 0 Å². The minimum Gasteiger partial charge on any atom is -0.449 e. The molecule has 0 aromatic heterocycles. The van der Waals surface area contributed by atoms with Gasteiger partial charge in [-0.2, -0.15) is 0 Å². The molecule has 0 spiro atoms. The highest BCUT2D eigenvalue weighted by Crippen LogP contribution is 2.69. The van der Waals surface area contributed by atoms with E-state index in [9.17, 15) is 23.4 Å². The molecule has 0 radical (unpaired) electrons. The standard InChI is InChI=1S/C37H56N2O6S/c1-5-28-32-20-26(40)16-18-37(32,4)31-17-19-36(3)29(14-15-30(36)33(31)34(28)41)22(2)21-45-35(42)38-46(43,44)27-12-10-25(11-13-27)39-23-6-7-24(39)9-8-23/h10-13,22-24,26,28-34,40-41H,5-9,14-21H2,1-4H3,(H,38,42)/t22-,23?,24?,26-,28-,29?,30?,31?,32?,33?,34-,36?,37-/m1/s1. The molecule has 4 saturated carbocycles. The van der Waals surface area contributed by atoms with Crippen molar-refractivity contribution in [1.82, 2.24) is 4.72 Å². The highest BCUT2D eigenvalue weighted by atomic mass is 32.2. The average molecular weight is 657 g/mol. The Labute approximate surface area is 276 Å². The van der Waals surface area contributed by atoms with E-state index in [2.05, 4.69) is 37.3 Å². The summed E-state index contributed by atoms with van der Waals surface area (Å²) >= 11 is 0. The van der Waals surface area contributed by atoms with Crippen LogP contribution in [0.5, 0.6) is 0 Å². The highest BCUT2D eigenvalue weighted by molar-refractivity contribution is 7.90. The number of carbonyl (C=O) groups is 1. The highest BCUT2D eigenvalue weighted by Gasteiger charge is 2.65. The van der Waals surface area contributed by atoms with Crippen LogP contribution in [0, 0.1) is 52.3 Å². The molecule has 11 atom stereocenters. The fourth-order valence-corrected chi connectivity index (χ4v) is 13.5. The van der Waals surface area contributed by atoms with Gasteiger partial charge in [-0.05, 0) is 147 Å². The summed E-state index contributed by atoms with van der Waals surface area (Å²) < 4.78 is 33.8. The van der Waals surface area contributed by atoms with Crippen molar-refractivity contribution >= 4 is 21.8 Å². The summed E-state index contributed by atoms with van der Waals surface area (Å²) in [4.78, 5) is 15.3. The predicted octanol–water partition coefficient (Wildman–Crippen LogP) is 6.50. The molecule has 8 nitrogen and oxygen atoms in total. The van der Waals surface area contributed by atoms with E-state index in [1.165, 1.54) is 25.7 Å². The largest absolute Gasteiger partial charge is 0.449 e. The van der Waals surface area contributed by atoms with Gasteiger partial charge in [0.1, 0.15) is 0 Å². The average Bonchev–Trinajstić information content (AvgIpc) is 3.73. The number of nitrogens with zero attached hydrogens (tertiary/aromatic N) is 1. The number of amides is 1. The maximum Gasteiger partial charge on any atom is 0.421 e. The summed E-state index contributed by atoms with van der Waals surface area (Å²) in [6.45, 7) is 9.35. The molecular weight excluding hydrogens is 600 g/mol. The first-order chi connectivity index (χ1) is 21.9. The lowest BCUT2D eigenvalue weighted by atomic mass is 9.41. The Balaban J connectivity index is 0.980. The maximum atomic E-state index is 13.1. The van der Waals surface area contributed by atoms with E-state index in [0.717, 1.165) is 57.1 Å². The van der Waals surface area contributed by atoms with Gasteiger partial charge in [-0.3, -0.25) is 0 Å². The third-order valence-corrected chi connectivity index (χ3v) is 16.1. The zero-order chi connectivity index (χ0) is 32.6. The van der Waals surface area contributed by atoms with E-state index < -0.39 is 16.1 Å². The molecule has 6 aliphatic rings. The van der Waals surface area contributed by atoms with Crippen molar-refractivity contribution in [3.05, 3.63) is 24.3 Å². The van der Waals surface area contributed by atoms with Gasteiger partial charge in [0.25, 0.3) is 10.0 Å². The van der Waals surface area contributed by atoms with E-state index in [1.807, 2.05) is 12.1 Å². The molecule has 256 valence electrons. The second-order valence-electron chi connectivity index (χ2n) is 16.7. The number of hydrogen-bond donors (Lipinski definition) is 3. The zero-order valence-electron chi connectivity index (χ0n) is 28.2. The van der Waals surface area contributed by atoms with Gasteiger partial charge in [-0.1, -0.05) is 34.1 Å². The van der Waals surface area contributed by atoms with Gasteiger partial charge >= 0.3 is 6.09 Å². The Hall–Kier alpha value is -1.84. The van der Waals surface area contributed by atoms with Crippen LogP contribution >= 0.6 is 0 Å². The fraction of sp³-hybridized carbons (Fsp3) is 0.811. The number of rotatable bonds is 7. The van der Waals surface area contributed by atoms with Crippen LogP contribution in [0.4, 0.5) is 10.5 Å². The molecule has 6 unspecified atom stereocenters. The van der Waals surface area contributed by atoms with Gasteiger partial charge in [0, 0.05) is 17.8 Å². The van der Waals surface area contributed by atoms with Crippen LogP contribution in [0.2, 0.25) is 0 Å². The first-order valence-electron chi connectivity index (χ1n) is 18.3. The zero-order valence-corrected chi connectivity index (χ0v) is 29.1. The number of sulfonamides is 1. The SMILES string of the molecule is CC[C@@H]1C2C[C@H](O)CC[C@]2(C)C2CCC3(C)C(CCC3[C@H](C)COC(=O)NS(=O)(=O)c3ccc(N4C5CCC4CC5)cc3)C2[C@@H]1O. The number of anilines is 1. The smallest absolute Gasteiger partial charge is 0.421 e. The van der Waals surface area contributed by atoms with Crippen molar-refractivity contribution in [3.8, 4) is 0 Å². The van der Waals surface area contributed by atoms with Gasteiger partial charge in [-0.25, -0.2) is 17.9 Å². The topological polar surface area (TPSA) is 116 Å². The van der Waals surface area contributed by atoms with Gasteiger partial charge in [0.15, 0.2) is 0 Å². The molecule has 7 rings (SSSR count). The molecule has 2 saturated heterocycles. The summed E-state index contributed by atoms with van der Waals surface area (Å²) in [6.07, 6.45) is 11.2. The van der Waals surface area contributed by atoms with Crippen LogP contribution < -0.4 is 9.62 Å². The van der Waals surface area contributed by atoms with Crippen LogP contribution in [0.25, 0.3) is 0 Å². The lowest BCUT2D eigenvalue weighted by Crippen LogP contribution is -2.62. The van der Waals surface area contributed by atoms with E-state index in [4.69, 9.17) is 4.74 Å². The first-order valence-corrected chi connectivity index (χ1v) is 19.8. The third-order valence-electron chi connectivity index (χ3n) is 14.7. The Morgan fingerprint density at radius 2 is 1.57 bits per heavy atom. The second kappa shape index (κ2) is 11.9. The lowest BCUT2D eigenvalue weighted by molar-refractivity contribution is -0.203. The van der Waals surface area contributed by atoms with Crippen LogP contribution in [0.1, 0.15) is 105 Å². The number of fused-ring (bicyclic) bond motifs is 7. The first kappa shape index (κ1) is 32.7. The van der Waals surface area contributed by atoms with Crippen molar-refractivity contribution in [2.45, 2.75) is 134 Å². The van der Waals surface area contributed by atoms with Gasteiger partial charge < -0.3 is 19.8 Å². The van der Waals surface area contributed by atoms with Gasteiger partial charge in [0.05, 0.1) is 23.7 Å². The van der Waals surface area contributed by atoms with Gasteiger partial charge in [0.2, 0.25) is 0 Å². The Bertz CT molecular complexity index is 1380.